The number of hydrogen-bond acceptors (Lipinski definition) is 5. The van der Waals surface area contributed by atoms with Gasteiger partial charge in [-0.2, -0.15) is 0 Å². The number of carbonyl (C=O) groups excluding carboxylic acids is 1. The Labute approximate surface area is 198 Å². The maximum Gasteiger partial charge on any atom is 0.326 e. The van der Waals surface area contributed by atoms with Gasteiger partial charge in [0.1, 0.15) is 17.6 Å². The van der Waals surface area contributed by atoms with Crippen LogP contribution in [0.1, 0.15) is 36.4 Å². The van der Waals surface area contributed by atoms with E-state index in [0.29, 0.717) is 24.7 Å². The SMILES string of the molecule is CC(C)=CC(=O)N1Cc2cc(OCCc3nc(-c4ccccc4)oc3C)ccc2C[C@H]1C(=O)O. The fourth-order valence-corrected chi connectivity index (χ4v) is 4.06. The highest BCUT2D eigenvalue weighted by molar-refractivity contribution is 5.92. The molecule has 1 amide bonds. The number of oxazole rings is 1. The lowest BCUT2D eigenvalue weighted by Crippen LogP contribution is -2.48. The number of hydrogen-bond donors (Lipinski definition) is 1. The minimum absolute atomic E-state index is 0.231. The lowest BCUT2D eigenvalue weighted by Gasteiger charge is -2.34. The number of carboxylic acids is 1. The summed E-state index contributed by atoms with van der Waals surface area (Å²) in [6.45, 7) is 6.17. The zero-order valence-electron chi connectivity index (χ0n) is 19.6. The number of benzene rings is 2. The van der Waals surface area contributed by atoms with Crippen LogP contribution in [-0.2, 0) is 29.0 Å². The number of rotatable bonds is 7. The summed E-state index contributed by atoms with van der Waals surface area (Å²) in [5.41, 5.74) is 4.42. The van der Waals surface area contributed by atoms with Gasteiger partial charge in [0.15, 0.2) is 0 Å². The van der Waals surface area contributed by atoms with E-state index in [1.807, 2.05) is 69.3 Å². The molecule has 0 bridgehead atoms. The topological polar surface area (TPSA) is 92.9 Å². The van der Waals surface area contributed by atoms with Crippen molar-refractivity contribution in [3.8, 4) is 17.2 Å². The van der Waals surface area contributed by atoms with Gasteiger partial charge < -0.3 is 19.2 Å². The second kappa shape index (κ2) is 9.95. The normalized spacial score (nSPS) is 14.9. The van der Waals surface area contributed by atoms with Gasteiger partial charge >= 0.3 is 5.97 Å². The molecule has 0 fully saturated rings. The average molecular weight is 461 g/mol. The Kier molecular flexibility index (Phi) is 6.82. The molecule has 0 aliphatic carbocycles. The van der Waals surface area contributed by atoms with Gasteiger partial charge in [-0.05, 0) is 56.2 Å². The third-order valence-electron chi connectivity index (χ3n) is 5.81. The number of carboxylic acid groups (broad SMARTS) is 1. The minimum atomic E-state index is -1.00. The second-order valence-corrected chi connectivity index (χ2v) is 8.66. The summed E-state index contributed by atoms with van der Waals surface area (Å²) in [7, 11) is 0. The van der Waals surface area contributed by atoms with Crippen LogP contribution in [-0.4, -0.2) is 39.5 Å². The number of aromatic nitrogens is 1. The van der Waals surface area contributed by atoms with Gasteiger partial charge in [-0.1, -0.05) is 29.8 Å². The quantitative estimate of drug-likeness (QED) is 0.519. The van der Waals surface area contributed by atoms with E-state index in [4.69, 9.17) is 9.15 Å². The lowest BCUT2D eigenvalue weighted by molar-refractivity contribution is -0.149. The van der Waals surface area contributed by atoms with E-state index >= 15 is 0 Å². The van der Waals surface area contributed by atoms with Crippen molar-refractivity contribution in [2.24, 2.45) is 0 Å². The molecule has 1 N–H and O–H groups in total. The van der Waals surface area contributed by atoms with Crippen molar-refractivity contribution in [3.63, 3.8) is 0 Å². The van der Waals surface area contributed by atoms with Crippen molar-refractivity contribution in [1.82, 2.24) is 9.88 Å². The highest BCUT2D eigenvalue weighted by atomic mass is 16.5. The highest BCUT2D eigenvalue weighted by Crippen LogP contribution is 2.28. The predicted octanol–water partition coefficient (Wildman–Crippen LogP) is 4.58. The van der Waals surface area contributed by atoms with E-state index in [2.05, 4.69) is 4.98 Å². The van der Waals surface area contributed by atoms with Crippen molar-refractivity contribution in [3.05, 3.63) is 82.8 Å². The van der Waals surface area contributed by atoms with E-state index in [9.17, 15) is 14.7 Å². The lowest BCUT2D eigenvalue weighted by atomic mass is 9.93. The smallest absolute Gasteiger partial charge is 0.326 e. The van der Waals surface area contributed by atoms with Crippen molar-refractivity contribution < 1.29 is 23.8 Å². The third-order valence-corrected chi connectivity index (χ3v) is 5.81. The number of fused-ring (bicyclic) bond motifs is 1. The van der Waals surface area contributed by atoms with Crippen molar-refractivity contribution >= 4 is 11.9 Å². The average Bonchev–Trinajstić information content (AvgIpc) is 3.18. The van der Waals surface area contributed by atoms with Crippen LogP contribution in [0.25, 0.3) is 11.5 Å². The molecule has 1 aliphatic heterocycles. The van der Waals surface area contributed by atoms with Gasteiger partial charge in [-0.25, -0.2) is 9.78 Å². The molecule has 0 spiro atoms. The van der Waals surface area contributed by atoms with E-state index in [1.54, 1.807) is 0 Å². The van der Waals surface area contributed by atoms with E-state index in [0.717, 1.165) is 33.7 Å². The fraction of sp³-hybridized carbons (Fsp3) is 0.296. The zero-order valence-corrected chi connectivity index (χ0v) is 19.6. The van der Waals surface area contributed by atoms with Crippen LogP contribution in [0.3, 0.4) is 0 Å². The number of allylic oxidation sites excluding steroid dienone is 1. The molecule has 1 atom stereocenters. The molecule has 7 nitrogen and oxygen atoms in total. The van der Waals surface area contributed by atoms with Crippen LogP contribution in [0, 0.1) is 6.92 Å². The number of carbonyl (C=O) groups is 2. The molecule has 176 valence electrons. The summed E-state index contributed by atoms with van der Waals surface area (Å²) < 4.78 is 11.8. The molecule has 7 heteroatoms. The summed E-state index contributed by atoms with van der Waals surface area (Å²) in [6.07, 6.45) is 2.34. The van der Waals surface area contributed by atoms with Crippen molar-refractivity contribution in [2.75, 3.05) is 6.61 Å². The second-order valence-electron chi connectivity index (χ2n) is 8.66. The van der Waals surface area contributed by atoms with E-state index in [1.165, 1.54) is 11.0 Å². The maximum absolute atomic E-state index is 12.6. The number of aliphatic carboxylic acids is 1. The first kappa shape index (κ1) is 23.3. The summed E-state index contributed by atoms with van der Waals surface area (Å²) in [5.74, 6) is 0.739. The van der Waals surface area contributed by atoms with Gasteiger partial charge in [-0.15, -0.1) is 0 Å². The van der Waals surface area contributed by atoms with Crippen LogP contribution in [0.15, 0.2) is 64.6 Å². The molecular formula is C27H28N2O5. The summed E-state index contributed by atoms with van der Waals surface area (Å²) in [4.78, 5) is 30.4. The third kappa shape index (κ3) is 5.20. The Morgan fingerprint density at radius 2 is 1.94 bits per heavy atom. The molecular weight excluding hydrogens is 432 g/mol. The molecule has 34 heavy (non-hydrogen) atoms. The van der Waals surface area contributed by atoms with E-state index < -0.39 is 12.0 Å². The van der Waals surface area contributed by atoms with Crippen LogP contribution >= 0.6 is 0 Å². The molecule has 0 saturated carbocycles. The van der Waals surface area contributed by atoms with E-state index in [-0.39, 0.29) is 18.9 Å². The van der Waals surface area contributed by atoms with Crippen molar-refractivity contribution in [2.45, 2.75) is 46.2 Å². The molecule has 0 radical (unpaired) electrons. The van der Waals surface area contributed by atoms with Gasteiger partial charge in [0.25, 0.3) is 0 Å². The monoisotopic (exact) mass is 460 g/mol. The van der Waals surface area contributed by atoms with Gasteiger partial charge in [0.2, 0.25) is 11.8 Å². The van der Waals surface area contributed by atoms with Crippen LogP contribution in [0.5, 0.6) is 5.75 Å². The van der Waals surface area contributed by atoms with Crippen LogP contribution in [0.4, 0.5) is 0 Å². The van der Waals surface area contributed by atoms with Gasteiger partial charge in [0, 0.05) is 31.0 Å². The molecule has 0 unspecified atom stereocenters. The molecule has 4 rings (SSSR count). The largest absolute Gasteiger partial charge is 0.493 e. The minimum Gasteiger partial charge on any atom is -0.493 e. The Balaban J connectivity index is 1.44. The number of aryl methyl sites for hydroxylation is 1. The van der Waals surface area contributed by atoms with Gasteiger partial charge in [0.05, 0.1) is 12.3 Å². The Bertz CT molecular complexity index is 1230. The van der Waals surface area contributed by atoms with Crippen LogP contribution < -0.4 is 4.74 Å². The zero-order chi connectivity index (χ0) is 24.2. The molecule has 1 aliphatic rings. The highest BCUT2D eigenvalue weighted by Gasteiger charge is 2.34. The standard InChI is InChI=1S/C27H28N2O5/c1-17(2)13-25(30)29-16-21-14-22(10-9-20(21)15-24(29)27(31)32)33-12-11-23-18(3)34-26(28-23)19-7-5-4-6-8-19/h4-10,13-14,24H,11-12,15-16H2,1-3H3,(H,31,32)/t24-/m0/s1. The summed E-state index contributed by atoms with van der Waals surface area (Å²) >= 11 is 0. The predicted molar refractivity (Wildman–Crippen MR) is 127 cm³/mol. The summed E-state index contributed by atoms with van der Waals surface area (Å²) in [5, 5.41) is 9.64. The molecule has 2 aromatic carbocycles. The van der Waals surface area contributed by atoms with Gasteiger partial charge in [-0.3, -0.25) is 4.79 Å². The molecule has 1 aromatic heterocycles. The Hall–Kier alpha value is -3.87. The number of nitrogens with zero attached hydrogens (tertiary/aromatic N) is 2. The number of ether oxygens (including phenoxy) is 1. The van der Waals surface area contributed by atoms with Crippen LogP contribution in [0.2, 0.25) is 0 Å². The maximum atomic E-state index is 12.6. The first-order chi connectivity index (χ1) is 16.3. The Morgan fingerprint density at radius 3 is 2.65 bits per heavy atom. The molecule has 3 aromatic rings. The summed E-state index contributed by atoms with van der Waals surface area (Å²) in [6, 6.07) is 14.5. The Morgan fingerprint density at radius 1 is 1.18 bits per heavy atom. The first-order valence-corrected chi connectivity index (χ1v) is 11.3. The fourth-order valence-electron chi connectivity index (χ4n) is 4.06. The number of amides is 1. The van der Waals surface area contributed by atoms with Crippen molar-refractivity contribution in [1.29, 1.82) is 0 Å². The molecule has 0 saturated heterocycles. The molecule has 2 heterocycles. The first-order valence-electron chi connectivity index (χ1n) is 11.3.